The van der Waals surface area contributed by atoms with Crippen LogP contribution in [-0.4, -0.2) is 21.6 Å². The highest BCUT2D eigenvalue weighted by atomic mass is 19.4. The second kappa shape index (κ2) is 8.02. The average Bonchev–Trinajstić information content (AvgIpc) is 2.72. The Morgan fingerprint density at radius 2 is 1.13 bits per heavy atom. The Labute approximate surface area is 175 Å². The predicted molar refractivity (Wildman–Crippen MR) is 111 cm³/mol. The molecule has 0 atom stereocenters. The molecule has 3 aromatic carbocycles. The minimum absolute atomic E-state index is 0.0594. The van der Waals surface area contributed by atoms with Crippen LogP contribution in [-0.2, 0) is 0 Å². The second-order valence-electron chi connectivity index (χ2n) is 6.80. The molecule has 0 amide bonds. The maximum atomic E-state index is 12.6. The van der Waals surface area contributed by atoms with Gasteiger partial charge in [0.1, 0.15) is 17.2 Å². The number of phenolic OH excluding ortho intramolecular Hbond substituents is 2. The molecular weight excluding hydrogens is 407 g/mol. The molecule has 0 aliphatic heterocycles. The quantitative estimate of drug-likeness (QED) is 0.399. The first-order valence-corrected chi connectivity index (χ1v) is 9.24. The number of aromatic hydroxyl groups is 2. The number of rotatable bonds is 4. The fraction of sp³-hybridized carbons (Fsp3) is 0.0417. The fourth-order valence-corrected chi connectivity index (χ4v) is 3.20. The lowest BCUT2D eigenvalue weighted by Crippen LogP contribution is -2.17. The molecular formula is C24H16F3NO3. The molecule has 0 unspecified atom stereocenters. The number of benzene rings is 3. The van der Waals surface area contributed by atoms with E-state index in [0.29, 0.717) is 33.6 Å². The number of nitrogens with zero attached hydrogens (tertiary/aromatic N) is 1. The summed E-state index contributed by atoms with van der Waals surface area (Å²) in [6.07, 6.45) is -4.80. The molecule has 156 valence electrons. The maximum Gasteiger partial charge on any atom is 0.573 e. The van der Waals surface area contributed by atoms with Crippen molar-refractivity contribution in [2.75, 3.05) is 0 Å². The number of aromatic nitrogens is 1. The van der Waals surface area contributed by atoms with Crippen molar-refractivity contribution >= 4 is 0 Å². The van der Waals surface area contributed by atoms with Crippen LogP contribution >= 0.6 is 0 Å². The number of phenols is 2. The SMILES string of the molecule is Oc1cccc(-c2cc(-c3cccc(OC(F)(F)F)c3)cc(-c3cccc(O)c3)n2)c1. The van der Waals surface area contributed by atoms with Gasteiger partial charge >= 0.3 is 6.36 Å². The molecule has 1 heterocycles. The van der Waals surface area contributed by atoms with Gasteiger partial charge in [0, 0.05) is 11.1 Å². The van der Waals surface area contributed by atoms with Gasteiger partial charge in [0.05, 0.1) is 11.4 Å². The Hall–Kier alpha value is -4.00. The molecule has 0 spiro atoms. The van der Waals surface area contributed by atoms with Crippen molar-refractivity contribution in [3.63, 3.8) is 0 Å². The normalized spacial score (nSPS) is 11.3. The molecule has 0 saturated heterocycles. The monoisotopic (exact) mass is 423 g/mol. The van der Waals surface area contributed by atoms with E-state index < -0.39 is 6.36 Å². The van der Waals surface area contributed by atoms with Gasteiger partial charge in [0.2, 0.25) is 0 Å². The van der Waals surface area contributed by atoms with E-state index in [1.165, 1.54) is 30.3 Å². The average molecular weight is 423 g/mol. The van der Waals surface area contributed by atoms with Crippen LogP contribution < -0.4 is 4.74 Å². The Kier molecular flexibility index (Phi) is 5.25. The summed E-state index contributed by atoms with van der Waals surface area (Å²) in [5.74, 6) is -0.215. The van der Waals surface area contributed by atoms with E-state index in [-0.39, 0.29) is 17.2 Å². The molecule has 2 N–H and O–H groups in total. The van der Waals surface area contributed by atoms with E-state index in [1.54, 1.807) is 54.6 Å². The molecule has 0 aliphatic carbocycles. The third kappa shape index (κ3) is 4.95. The first-order valence-electron chi connectivity index (χ1n) is 9.24. The van der Waals surface area contributed by atoms with Gasteiger partial charge in [-0.1, -0.05) is 36.4 Å². The molecule has 0 saturated carbocycles. The van der Waals surface area contributed by atoms with Gasteiger partial charge < -0.3 is 14.9 Å². The summed E-state index contributed by atoms with van der Waals surface area (Å²) in [4.78, 5) is 4.63. The highest BCUT2D eigenvalue weighted by molar-refractivity contribution is 5.77. The summed E-state index contributed by atoms with van der Waals surface area (Å²) < 4.78 is 42.0. The molecule has 0 aliphatic rings. The lowest BCUT2D eigenvalue weighted by Gasteiger charge is -2.13. The molecule has 4 nitrogen and oxygen atoms in total. The third-order valence-corrected chi connectivity index (χ3v) is 4.51. The number of halogens is 3. The van der Waals surface area contributed by atoms with E-state index >= 15 is 0 Å². The van der Waals surface area contributed by atoms with Crippen LogP contribution in [0.3, 0.4) is 0 Å². The van der Waals surface area contributed by atoms with Gasteiger partial charge in [-0.05, 0) is 59.7 Å². The van der Waals surface area contributed by atoms with Crippen LogP contribution in [0.15, 0.2) is 84.9 Å². The molecule has 0 bridgehead atoms. The number of pyridine rings is 1. The van der Waals surface area contributed by atoms with Crippen molar-refractivity contribution in [3.05, 3.63) is 84.9 Å². The predicted octanol–water partition coefficient (Wildman–Crippen LogP) is 6.39. The molecule has 7 heteroatoms. The minimum atomic E-state index is -4.80. The van der Waals surface area contributed by atoms with Crippen LogP contribution in [0.2, 0.25) is 0 Å². The molecule has 1 aromatic heterocycles. The summed E-state index contributed by atoms with van der Waals surface area (Å²) in [7, 11) is 0. The van der Waals surface area contributed by atoms with Crippen molar-refractivity contribution < 1.29 is 28.1 Å². The molecule has 0 radical (unpaired) electrons. The van der Waals surface area contributed by atoms with Crippen LogP contribution in [0.5, 0.6) is 17.2 Å². The first kappa shape index (κ1) is 20.3. The van der Waals surface area contributed by atoms with Crippen LogP contribution in [0.4, 0.5) is 13.2 Å². The van der Waals surface area contributed by atoms with E-state index in [2.05, 4.69) is 9.72 Å². The van der Waals surface area contributed by atoms with Crippen LogP contribution in [0.1, 0.15) is 0 Å². The lowest BCUT2D eigenvalue weighted by molar-refractivity contribution is -0.274. The smallest absolute Gasteiger partial charge is 0.508 e. The number of ether oxygens (including phenoxy) is 1. The van der Waals surface area contributed by atoms with Crippen LogP contribution in [0.25, 0.3) is 33.6 Å². The number of alkyl halides is 3. The fourth-order valence-electron chi connectivity index (χ4n) is 3.20. The van der Waals surface area contributed by atoms with Gasteiger partial charge in [0.25, 0.3) is 0 Å². The van der Waals surface area contributed by atoms with E-state index in [4.69, 9.17) is 0 Å². The number of hydrogen-bond acceptors (Lipinski definition) is 4. The van der Waals surface area contributed by atoms with Gasteiger partial charge in [0.15, 0.2) is 0 Å². The van der Waals surface area contributed by atoms with E-state index in [9.17, 15) is 23.4 Å². The zero-order valence-corrected chi connectivity index (χ0v) is 16.0. The maximum absolute atomic E-state index is 12.6. The summed E-state index contributed by atoms with van der Waals surface area (Å²) >= 11 is 0. The Bertz CT molecular complexity index is 1170. The lowest BCUT2D eigenvalue weighted by atomic mass is 9.99. The van der Waals surface area contributed by atoms with Gasteiger partial charge in [-0.25, -0.2) is 4.98 Å². The Morgan fingerprint density at radius 3 is 1.65 bits per heavy atom. The molecule has 4 aromatic rings. The third-order valence-electron chi connectivity index (χ3n) is 4.51. The zero-order chi connectivity index (χ0) is 22.0. The Morgan fingerprint density at radius 1 is 0.613 bits per heavy atom. The summed E-state index contributed by atoms with van der Waals surface area (Å²) in [5, 5.41) is 19.7. The van der Waals surface area contributed by atoms with Gasteiger partial charge in [-0.3, -0.25) is 0 Å². The van der Waals surface area contributed by atoms with E-state index in [1.807, 2.05) is 0 Å². The Balaban J connectivity index is 1.87. The van der Waals surface area contributed by atoms with Gasteiger partial charge in [-0.2, -0.15) is 0 Å². The van der Waals surface area contributed by atoms with Crippen molar-refractivity contribution in [3.8, 4) is 50.9 Å². The largest absolute Gasteiger partial charge is 0.573 e. The zero-order valence-electron chi connectivity index (χ0n) is 16.0. The van der Waals surface area contributed by atoms with E-state index in [0.717, 1.165) is 0 Å². The first-order chi connectivity index (χ1) is 14.8. The van der Waals surface area contributed by atoms with Crippen molar-refractivity contribution in [1.29, 1.82) is 0 Å². The topological polar surface area (TPSA) is 62.6 Å². The molecule has 31 heavy (non-hydrogen) atoms. The van der Waals surface area contributed by atoms with Crippen LogP contribution in [0, 0.1) is 0 Å². The minimum Gasteiger partial charge on any atom is -0.508 e. The second-order valence-corrected chi connectivity index (χ2v) is 6.80. The molecule has 0 fully saturated rings. The number of hydrogen-bond donors (Lipinski definition) is 2. The highest BCUT2D eigenvalue weighted by Crippen LogP contribution is 2.34. The molecule has 4 rings (SSSR count). The summed E-state index contributed by atoms with van der Waals surface area (Å²) in [5.41, 5.74) is 3.37. The van der Waals surface area contributed by atoms with Crippen molar-refractivity contribution in [2.45, 2.75) is 6.36 Å². The highest BCUT2D eigenvalue weighted by Gasteiger charge is 2.31. The van der Waals surface area contributed by atoms with Crippen molar-refractivity contribution in [1.82, 2.24) is 4.98 Å². The standard InChI is InChI=1S/C24H16F3NO3/c25-24(26,27)31-21-9-3-4-15(12-21)18-13-22(16-5-1-7-19(29)10-16)28-23(14-18)17-6-2-8-20(30)11-17/h1-14,29-30H. The summed E-state index contributed by atoms with van der Waals surface area (Å²) in [6.45, 7) is 0. The van der Waals surface area contributed by atoms with Gasteiger partial charge in [-0.15, -0.1) is 13.2 Å². The summed E-state index contributed by atoms with van der Waals surface area (Å²) in [6, 6.07) is 22.1. The van der Waals surface area contributed by atoms with Crippen molar-refractivity contribution in [2.24, 2.45) is 0 Å².